The summed E-state index contributed by atoms with van der Waals surface area (Å²) in [7, 11) is -3.42. The molecule has 0 amide bonds. The van der Waals surface area contributed by atoms with Gasteiger partial charge in [0.25, 0.3) is 0 Å². The monoisotopic (exact) mass is 303 g/mol. The SMILES string of the molecule is O=S(=O)(c1ccccc1)N1CCCC(c2cnccn2)C1. The molecular formula is C15H17N3O2S. The van der Waals surface area contributed by atoms with E-state index < -0.39 is 10.0 Å². The van der Waals surface area contributed by atoms with E-state index in [1.165, 1.54) is 0 Å². The number of piperidine rings is 1. The van der Waals surface area contributed by atoms with Crippen molar-refractivity contribution in [2.24, 2.45) is 0 Å². The van der Waals surface area contributed by atoms with Gasteiger partial charge in [-0.25, -0.2) is 8.42 Å². The van der Waals surface area contributed by atoms with Crippen LogP contribution in [0.1, 0.15) is 24.5 Å². The highest BCUT2D eigenvalue weighted by Gasteiger charge is 2.31. The maximum absolute atomic E-state index is 12.7. The van der Waals surface area contributed by atoms with Gasteiger partial charge in [-0.15, -0.1) is 0 Å². The van der Waals surface area contributed by atoms with Crippen molar-refractivity contribution in [3.05, 3.63) is 54.6 Å². The molecule has 5 nitrogen and oxygen atoms in total. The number of nitrogens with zero attached hydrogens (tertiary/aromatic N) is 3. The van der Waals surface area contributed by atoms with E-state index >= 15 is 0 Å². The van der Waals surface area contributed by atoms with E-state index in [1.54, 1.807) is 47.2 Å². The zero-order valence-electron chi connectivity index (χ0n) is 11.6. The molecule has 1 aliphatic heterocycles. The Morgan fingerprint density at radius 3 is 2.67 bits per heavy atom. The summed E-state index contributed by atoms with van der Waals surface area (Å²) in [6, 6.07) is 8.59. The molecule has 1 aromatic carbocycles. The molecule has 1 unspecified atom stereocenters. The molecule has 3 rings (SSSR count). The first-order valence-corrected chi connectivity index (χ1v) is 8.43. The van der Waals surface area contributed by atoms with Gasteiger partial charge in [0.1, 0.15) is 0 Å². The van der Waals surface area contributed by atoms with Gasteiger partial charge in [0.05, 0.1) is 10.6 Å². The van der Waals surface area contributed by atoms with Crippen molar-refractivity contribution in [2.75, 3.05) is 13.1 Å². The van der Waals surface area contributed by atoms with Crippen molar-refractivity contribution < 1.29 is 8.42 Å². The van der Waals surface area contributed by atoms with Gasteiger partial charge in [-0.05, 0) is 25.0 Å². The lowest BCUT2D eigenvalue weighted by molar-refractivity contribution is 0.312. The predicted molar refractivity (Wildman–Crippen MR) is 79.2 cm³/mol. The minimum atomic E-state index is -3.42. The van der Waals surface area contributed by atoms with Crippen molar-refractivity contribution in [1.29, 1.82) is 0 Å². The number of hydrogen-bond donors (Lipinski definition) is 0. The molecule has 0 N–H and O–H groups in total. The van der Waals surface area contributed by atoms with Crippen LogP contribution in [-0.4, -0.2) is 35.8 Å². The molecule has 21 heavy (non-hydrogen) atoms. The van der Waals surface area contributed by atoms with E-state index in [4.69, 9.17) is 0 Å². The topological polar surface area (TPSA) is 63.2 Å². The van der Waals surface area contributed by atoms with Gasteiger partial charge in [0.2, 0.25) is 10.0 Å². The first-order valence-electron chi connectivity index (χ1n) is 6.99. The zero-order chi connectivity index (χ0) is 14.7. The molecular weight excluding hydrogens is 286 g/mol. The highest BCUT2D eigenvalue weighted by atomic mass is 32.2. The van der Waals surface area contributed by atoms with E-state index in [9.17, 15) is 8.42 Å². The third kappa shape index (κ3) is 2.96. The second-order valence-corrected chi connectivity index (χ2v) is 7.08. The van der Waals surface area contributed by atoms with Crippen LogP contribution in [0.2, 0.25) is 0 Å². The van der Waals surface area contributed by atoms with Crippen LogP contribution < -0.4 is 0 Å². The Bertz CT molecular complexity index is 689. The summed E-state index contributed by atoms with van der Waals surface area (Å²) in [5.74, 6) is 0.117. The van der Waals surface area contributed by atoms with Crippen molar-refractivity contribution in [3.8, 4) is 0 Å². The second kappa shape index (κ2) is 5.91. The van der Waals surface area contributed by atoms with Gasteiger partial charge in [-0.2, -0.15) is 4.31 Å². The molecule has 2 aromatic rings. The average molecular weight is 303 g/mol. The molecule has 2 heterocycles. The minimum Gasteiger partial charge on any atom is -0.261 e. The number of aromatic nitrogens is 2. The first kappa shape index (κ1) is 14.2. The minimum absolute atomic E-state index is 0.117. The van der Waals surface area contributed by atoms with Gasteiger partial charge < -0.3 is 0 Å². The van der Waals surface area contributed by atoms with Gasteiger partial charge in [0.15, 0.2) is 0 Å². The largest absolute Gasteiger partial charge is 0.261 e. The molecule has 0 radical (unpaired) electrons. The molecule has 0 bridgehead atoms. The van der Waals surface area contributed by atoms with Crippen LogP contribution in [0.4, 0.5) is 0 Å². The highest BCUT2D eigenvalue weighted by molar-refractivity contribution is 7.89. The summed E-state index contributed by atoms with van der Waals surface area (Å²) in [5, 5.41) is 0. The third-order valence-electron chi connectivity index (χ3n) is 3.77. The summed E-state index contributed by atoms with van der Waals surface area (Å²) in [6.45, 7) is 1.03. The normalized spacial score (nSPS) is 20.3. The van der Waals surface area contributed by atoms with Crippen LogP contribution in [0.5, 0.6) is 0 Å². The van der Waals surface area contributed by atoms with Crippen LogP contribution in [0.15, 0.2) is 53.8 Å². The molecule has 0 saturated carbocycles. The van der Waals surface area contributed by atoms with E-state index in [1.807, 2.05) is 6.07 Å². The number of rotatable bonds is 3. The molecule has 1 aromatic heterocycles. The van der Waals surface area contributed by atoms with Crippen molar-refractivity contribution in [1.82, 2.24) is 14.3 Å². The van der Waals surface area contributed by atoms with Crippen molar-refractivity contribution >= 4 is 10.0 Å². The molecule has 1 saturated heterocycles. The second-order valence-electron chi connectivity index (χ2n) is 5.15. The Hall–Kier alpha value is -1.79. The Morgan fingerprint density at radius 2 is 1.95 bits per heavy atom. The van der Waals surface area contributed by atoms with Crippen LogP contribution >= 0.6 is 0 Å². The van der Waals surface area contributed by atoms with E-state index in [2.05, 4.69) is 9.97 Å². The number of benzene rings is 1. The van der Waals surface area contributed by atoms with E-state index in [-0.39, 0.29) is 5.92 Å². The van der Waals surface area contributed by atoms with Gasteiger partial charge >= 0.3 is 0 Å². The van der Waals surface area contributed by atoms with Gasteiger partial charge in [-0.3, -0.25) is 9.97 Å². The average Bonchev–Trinajstić information content (AvgIpc) is 2.57. The van der Waals surface area contributed by atoms with Crippen molar-refractivity contribution in [2.45, 2.75) is 23.7 Å². The summed E-state index contributed by atoms with van der Waals surface area (Å²) in [5.41, 5.74) is 0.866. The standard InChI is InChI=1S/C15H17N3O2S/c19-21(20,14-6-2-1-3-7-14)18-10-4-5-13(12-18)15-11-16-8-9-17-15/h1-3,6-9,11,13H,4-5,10,12H2. The first-order chi connectivity index (χ1) is 10.2. The molecule has 0 aliphatic carbocycles. The van der Waals surface area contributed by atoms with Crippen LogP contribution in [0.3, 0.4) is 0 Å². The fraction of sp³-hybridized carbons (Fsp3) is 0.333. The molecule has 1 fully saturated rings. The number of sulfonamides is 1. The Balaban J connectivity index is 1.84. The molecule has 1 atom stereocenters. The molecule has 110 valence electrons. The molecule has 1 aliphatic rings. The highest BCUT2D eigenvalue weighted by Crippen LogP contribution is 2.28. The predicted octanol–water partition coefficient (Wildman–Crippen LogP) is 2.04. The van der Waals surface area contributed by atoms with Crippen molar-refractivity contribution in [3.63, 3.8) is 0 Å². The molecule has 0 spiro atoms. The number of hydrogen-bond acceptors (Lipinski definition) is 4. The lowest BCUT2D eigenvalue weighted by atomic mass is 9.96. The van der Waals surface area contributed by atoms with Crippen LogP contribution in [0, 0.1) is 0 Å². The fourth-order valence-electron chi connectivity index (χ4n) is 2.67. The summed E-state index contributed by atoms with van der Waals surface area (Å²) < 4.78 is 26.9. The Morgan fingerprint density at radius 1 is 1.14 bits per heavy atom. The maximum atomic E-state index is 12.7. The van der Waals surface area contributed by atoms with Gasteiger partial charge in [-0.1, -0.05) is 18.2 Å². The van der Waals surface area contributed by atoms with Crippen LogP contribution in [-0.2, 0) is 10.0 Å². The summed E-state index contributed by atoms with van der Waals surface area (Å²) in [6.07, 6.45) is 6.79. The Labute approximate surface area is 124 Å². The Kier molecular flexibility index (Phi) is 3.98. The lowest BCUT2D eigenvalue weighted by Crippen LogP contribution is -2.39. The van der Waals surface area contributed by atoms with E-state index in [0.29, 0.717) is 18.0 Å². The van der Waals surface area contributed by atoms with Crippen LogP contribution in [0.25, 0.3) is 0 Å². The maximum Gasteiger partial charge on any atom is 0.243 e. The van der Waals surface area contributed by atoms with E-state index in [0.717, 1.165) is 18.5 Å². The lowest BCUT2D eigenvalue weighted by Gasteiger charge is -2.31. The quantitative estimate of drug-likeness (QED) is 0.870. The smallest absolute Gasteiger partial charge is 0.243 e. The summed E-state index contributed by atoms with van der Waals surface area (Å²) >= 11 is 0. The fourth-order valence-corrected chi connectivity index (χ4v) is 4.21. The summed E-state index contributed by atoms with van der Waals surface area (Å²) in [4.78, 5) is 8.73. The zero-order valence-corrected chi connectivity index (χ0v) is 12.4. The third-order valence-corrected chi connectivity index (χ3v) is 5.65. The van der Waals surface area contributed by atoms with Gasteiger partial charge in [0, 0.05) is 37.6 Å². The molecule has 6 heteroatoms.